The number of thiophene rings is 2. The normalized spacial score (nSPS) is 12.1. The Hall–Kier alpha value is -5.95. The Kier molecular flexibility index (Phi) is 5.67. The molecule has 11 aromatic rings. The van der Waals surface area contributed by atoms with Gasteiger partial charge in [0.05, 0.1) is 31.6 Å². The van der Waals surface area contributed by atoms with Gasteiger partial charge in [-0.3, -0.25) is 0 Å². The quantitative estimate of drug-likeness (QED) is 0.189. The van der Waals surface area contributed by atoms with E-state index in [1.165, 1.54) is 57.5 Å². The molecule has 4 nitrogen and oxygen atoms in total. The second-order valence-electron chi connectivity index (χ2n) is 12.4. The first kappa shape index (κ1) is 27.0. The largest absolute Gasteiger partial charge is 0.309 e. The molecule has 49 heavy (non-hydrogen) atoms. The van der Waals surface area contributed by atoms with Crippen LogP contribution in [0.2, 0.25) is 0 Å². The van der Waals surface area contributed by atoms with Crippen molar-refractivity contribution in [3.63, 3.8) is 0 Å². The lowest BCUT2D eigenvalue weighted by Gasteiger charge is -2.12. The summed E-state index contributed by atoms with van der Waals surface area (Å²) < 4.78 is 6.40. The van der Waals surface area contributed by atoms with Crippen LogP contribution >= 0.6 is 22.7 Å². The van der Waals surface area contributed by atoms with Crippen molar-refractivity contribution < 1.29 is 0 Å². The summed E-state index contributed by atoms with van der Waals surface area (Å²) in [5.41, 5.74) is 7.48. The molecular weight excluding hydrogens is 637 g/mol. The maximum Gasteiger partial charge on any atom is 0.160 e. The topological polar surface area (TPSA) is 43.6 Å². The van der Waals surface area contributed by atoms with Crippen molar-refractivity contribution in [2.45, 2.75) is 0 Å². The third-order valence-corrected chi connectivity index (χ3v) is 12.1. The van der Waals surface area contributed by atoms with E-state index in [4.69, 9.17) is 15.0 Å². The third-order valence-electron chi connectivity index (χ3n) is 9.66. The first-order valence-electron chi connectivity index (χ1n) is 16.3. The summed E-state index contributed by atoms with van der Waals surface area (Å²) in [6, 6.07) is 49.4. The summed E-state index contributed by atoms with van der Waals surface area (Å²) in [6.07, 6.45) is 1.91. The fourth-order valence-electron chi connectivity index (χ4n) is 7.56. The third kappa shape index (κ3) is 3.87. The van der Waals surface area contributed by atoms with Crippen LogP contribution in [0.4, 0.5) is 0 Å². The Morgan fingerprint density at radius 3 is 2.08 bits per heavy atom. The average Bonchev–Trinajstić information content (AvgIpc) is 3.85. The molecule has 0 atom stereocenters. The lowest BCUT2D eigenvalue weighted by molar-refractivity contribution is 1.18. The molecule has 0 fully saturated rings. The minimum Gasteiger partial charge on any atom is -0.309 e. The van der Waals surface area contributed by atoms with E-state index in [1.54, 1.807) is 0 Å². The van der Waals surface area contributed by atoms with Crippen molar-refractivity contribution in [2.24, 2.45) is 0 Å². The number of para-hydroxylation sites is 2. The molecule has 0 saturated heterocycles. The molecule has 0 bridgehead atoms. The van der Waals surface area contributed by atoms with Crippen LogP contribution in [-0.4, -0.2) is 19.5 Å². The maximum atomic E-state index is 5.14. The van der Waals surface area contributed by atoms with Crippen LogP contribution in [0.3, 0.4) is 0 Å². The standard InChI is InChI=1S/C43H24N4S2/c1-2-11-25(12-3-1)38-28-13-4-7-17-32(28)45-42(46-38)26-20-22-27(23-21-26)47-33-18-8-5-14-29(33)35-36-31-16-10-24-44-43(31)49-40(36)41-37(39(35)47)30-15-6-9-19-34(30)48-41/h1-24H. The Balaban J connectivity index is 1.21. The molecule has 11 rings (SSSR count). The summed E-state index contributed by atoms with van der Waals surface area (Å²) in [5, 5.41) is 8.69. The maximum absolute atomic E-state index is 5.14. The van der Waals surface area contributed by atoms with Crippen molar-refractivity contribution in [1.82, 2.24) is 19.5 Å². The first-order valence-corrected chi connectivity index (χ1v) is 17.9. The number of nitrogens with zero attached hydrogens (tertiary/aromatic N) is 4. The van der Waals surface area contributed by atoms with E-state index in [-0.39, 0.29) is 0 Å². The fraction of sp³-hybridized carbons (Fsp3) is 0. The van der Waals surface area contributed by atoms with Crippen LogP contribution in [0.5, 0.6) is 0 Å². The highest BCUT2D eigenvalue weighted by atomic mass is 32.1. The zero-order chi connectivity index (χ0) is 32.1. The van der Waals surface area contributed by atoms with E-state index >= 15 is 0 Å². The van der Waals surface area contributed by atoms with Crippen LogP contribution < -0.4 is 0 Å². The van der Waals surface area contributed by atoms with Crippen molar-refractivity contribution in [3.05, 3.63) is 146 Å². The van der Waals surface area contributed by atoms with Gasteiger partial charge in [-0.25, -0.2) is 15.0 Å². The molecular formula is C43H24N4S2. The molecule has 0 spiro atoms. The minimum atomic E-state index is 0.719. The minimum absolute atomic E-state index is 0.719. The summed E-state index contributed by atoms with van der Waals surface area (Å²) in [4.78, 5) is 16.1. The Morgan fingerprint density at radius 2 is 1.20 bits per heavy atom. The number of benzene rings is 6. The average molecular weight is 661 g/mol. The lowest BCUT2D eigenvalue weighted by Crippen LogP contribution is -1.97. The number of pyridine rings is 1. The number of hydrogen-bond donors (Lipinski definition) is 0. The number of rotatable bonds is 3. The van der Waals surface area contributed by atoms with E-state index in [0.29, 0.717) is 0 Å². The van der Waals surface area contributed by atoms with Crippen LogP contribution in [0.15, 0.2) is 146 Å². The van der Waals surface area contributed by atoms with Gasteiger partial charge in [-0.15, -0.1) is 22.7 Å². The van der Waals surface area contributed by atoms with Gasteiger partial charge in [0.15, 0.2) is 5.82 Å². The van der Waals surface area contributed by atoms with E-state index < -0.39 is 0 Å². The van der Waals surface area contributed by atoms with Gasteiger partial charge in [0.25, 0.3) is 0 Å². The molecule has 0 N–H and O–H groups in total. The van der Waals surface area contributed by atoms with Crippen molar-refractivity contribution >= 4 is 95.9 Å². The summed E-state index contributed by atoms with van der Waals surface area (Å²) in [5.74, 6) is 0.719. The van der Waals surface area contributed by atoms with E-state index in [9.17, 15) is 0 Å². The Labute approximate surface area is 288 Å². The van der Waals surface area contributed by atoms with Gasteiger partial charge in [-0.1, -0.05) is 84.9 Å². The second kappa shape index (κ2) is 10.3. The second-order valence-corrected chi connectivity index (χ2v) is 14.4. The summed E-state index contributed by atoms with van der Waals surface area (Å²) >= 11 is 3.70. The van der Waals surface area contributed by atoms with Crippen LogP contribution in [0, 0.1) is 0 Å². The van der Waals surface area contributed by atoms with Gasteiger partial charge in [-0.05, 0) is 54.6 Å². The predicted molar refractivity (Wildman–Crippen MR) is 208 cm³/mol. The van der Waals surface area contributed by atoms with Crippen molar-refractivity contribution in [1.29, 1.82) is 0 Å². The van der Waals surface area contributed by atoms with Gasteiger partial charge in [0.1, 0.15) is 4.83 Å². The van der Waals surface area contributed by atoms with Gasteiger partial charge in [0.2, 0.25) is 0 Å². The number of fused-ring (bicyclic) bond motifs is 13. The highest BCUT2D eigenvalue weighted by Crippen LogP contribution is 2.51. The Bertz CT molecular complexity index is 3100. The summed E-state index contributed by atoms with van der Waals surface area (Å²) in [7, 11) is 0. The number of hydrogen-bond acceptors (Lipinski definition) is 5. The zero-order valence-corrected chi connectivity index (χ0v) is 27.6. The summed E-state index contributed by atoms with van der Waals surface area (Å²) in [6.45, 7) is 0. The molecule has 6 aromatic carbocycles. The molecule has 0 aliphatic rings. The van der Waals surface area contributed by atoms with E-state index in [1.807, 2.05) is 41.0 Å². The first-order chi connectivity index (χ1) is 24.3. The molecule has 0 aliphatic heterocycles. The van der Waals surface area contributed by atoms with Crippen molar-refractivity contribution in [3.8, 4) is 28.3 Å². The van der Waals surface area contributed by atoms with Gasteiger partial charge < -0.3 is 4.57 Å². The molecule has 0 amide bonds. The van der Waals surface area contributed by atoms with Gasteiger partial charge >= 0.3 is 0 Å². The highest BCUT2D eigenvalue weighted by Gasteiger charge is 2.24. The predicted octanol–water partition coefficient (Wildman–Crippen LogP) is 12.2. The molecule has 5 aromatic heterocycles. The van der Waals surface area contributed by atoms with Gasteiger partial charge in [-0.2, -0.15) is 0 Å². The zero-order valence-electron chi connectivity index (χ0n) is 26.0. The lowest BCUT2D eigenvalue weighted by atomic mass is 10.0. The van der Waals surface area contributed by atoms with E-state index in [2.05, 4.69) is 132 Å². The SMILES string of the molecule is c1ccc(-c2nc(-c3ccc(-n4c5ccccc5c5c6c7cccnc7sc6c6sc7ccccc7c6c54)cc3)nc3ccccc23)cc1. The molecule has 0 unspecified atom stereocenters. The van der Waals surface area contributed by atoms with Crippen molar-refractivity contribution in [2.75, 3.05) is 0 Å². The highest BCUT2D eigenvalue weighted by molar-refractivity contribution is 7.33. The monoisotopic (exact) mass is 660 g/mol. The molecule has 5 heterocycles. The van der Waals surface area contributed by atoms with Crippen LogP contribution in [0.25, 0.3) is 102 Å². The smallest absolute Gasteiger partial charge is 0.160 e. The fourth-order valence-corrected chi connectivity index (χ4v) is 10.1. The van der Waals surface area contributed by atoms with Crippen LogP contribution in [0.1, 0.15) is 0 Å². The van der Waals surface area contributed by atoms with Crippen LogP contribution in [-0.2, 0) is 0 Å². The molecule has 0 aliphatic carbocycles. The molecule has 6 heteroatoms. The number of aromatic nitrogens is 4. The molecule has 0 saturated carbocycles. The molecule has 228 valence electrons. The molecule has 0 radical (unpaired) electrons. The Morgan fingerprint density at radius 1 is 0.490 bits per heavy atom. The van der Waals surface area contributed by atoms with Gasteiger partial charge in [0, 0.05) is 65.4 Å². The van der Waals surface area contributed by atoms with E-state index in [0.717, 1.165) is 44.1 Å².